The van der Waals surface area contributed by atoms with Crippen molar-refractivity contribution in [2.24, 2.45) is 0 Å². The van der Waals surface area contributed by atoms with Crippen molar-refractivity contribution in [3.05, 3.63) is 40.9 Å². The molecule has 7 nitrogen and oxygen atoms in total. The number of para-hydroxylation sites is 1. The van der Waals surface area contributed by atoms with E-state index >= 15 is 0 Å². The summed E-state index contributed by atoms with van der Waals surface area (Å²) in [6, 6.07) is 6.95. The SMILES string of the molecule is O=C(O)CC1(NC(=O)Cn2cnc3ccccc3c2=O)CCCC1. The van der Waals surface area contributed by atoms with E-state index in [1.165, 1.54) is 10.9 Å². The van der Waals surface area contributed by atoms with Crippen molar-refractivity contribution in [2.45, 2.75) is 44.2 Å². The maximum atomic E-state index is 12.4. The van der Waals surface area contributed by atoms with Crippen LogP contribution in [0.1, 0.15) is 32.1 Å². The highest BCUT2D eigenvalue weighted by atomic mass is 16.4. The molecule has 1 fully saturated rings. The summed E-state index contributed by atoms with van der Waals surface area (Å²) in [6.45, 7) is -0.169. The zero-order valence-corrected chi connectivity index (χ0v) is 13.2. The Morgan fingerprint density at radius 2 is 1.96 bits per heavy atom. The maximum Gasteiger partial charge on any atom is 0.305 e. The summed E-state index contributed by atoms with van der Waals surface area (Å²) in [5, 5.41) is 12.4. The van der Waals surface area contributed by atoms with Gasteiger partial charge in [0.2, 0.25) is 5.91 Å². The summed E-state index contributed by atoms with van der Waals surface area (Å²) < 4.78 is 1.25. The normalized spacial score (nSPS) is 16.2. The first kappa shape index (κ1) is 16.2. The molecule has 0 radical (unpaired) electrons. The van der Waals surface area contributed by atoms with Gasteiger partial charge in [0.1, 0.15) is 6.54 Å². The van der Waals surface area contributed by atoms with Crippen LogP contribution in [-0.4, -0.2) is 32.1 Å². The van der Waals surface area contributed by atoms with Gasteiger partial charge >= 0.3 is 5.97 Å². The molecule has 0 unspecified atom stereocenters. The van der Waals surface area contributed by atoms with Crippen molar-refractivity contribution >= 4 is 22.8 Å². The van der Waals surface area contributed by atoms with Crippen LogP contribution in [-0.2, 0) is 16.1 Å². The van der Waals surface area contributed by atoms with Crippen LogP contribution < -0.4 is 10.9 Å². The van der Waals surface area contributed by atoms with Crippen molar-refractivity contribution in [1.29, 1.82) is 0 Å². The molecule has 1 aliphatic rings. The van der Waals surface area contributed by atoms with Crippen LogP contribution in [0.15, 0.2) is 35.4 Å². The molecule has 1 saturated carbocycles. The Bertz CT molecular complexity index is 837. The zero-order chi connectivity index (χ0) is 17.2. The topological polar surface area (TPSA) is 101 Å². The number of hydrogen-bond acceptors (Lipinski definition) is 4. The van der Waals surface area contributed by atoms with Gasteiger partial charge in [0.25, 0.3) is 5.56 Å². The number of carbonyl (C=O) groups excluding carboxylic acids is 1. The van der Waals surface area contributed by atoms with Crippen LogP contribution in [0.2, 0.25) is 0 Å². The van der Waals surface area contributed by atoms with Gasteiger partial charge in [-0.1, -0.05) is 25.0 Å². The molecule has 0 saturated heterocycles. The Hall–Kier alpha value is -2.70. The van der Waals surface area contributed by atoms with E-state index in [-0.39, 0.29) is 24.4 Å². The average Bonchev–Trinajstić information content (AvgIpc) is 2.97. The molecule has 2 N–H and O–H groups in total. The number of nitrogens with one attached hydrogen (secondary N) is 1. The average molecular weight is 329 g/mol. The predicted molar refractivity (Wildman–Crippen MR) is 87.6 cm³/mol. The quantitative estimate of drug-likeness (QED) is 0.861. The number of aromatic nitrogens is 2. The van der Waals surface area contributed by atoms with Gasteiger partial charge < -0.3 is 10.4 Å². The van der Waals surface area contributed by atoms with Crippen LogP contribution >= 0.6 is 0 Å². The largest absolute Gasteiger partial charge is 0.481 e. The van der Waals surface area contributed by atoms with Crippen molar-refractivity contribution in [3.63, 3.8) is 0 Å². The fourth-order valence-electron chi connectivity index (χ4n) is 3.40. The number of fused-ring (bicyclic) bond motifs is 1. The van der Waals surface area contributed by atoms with E-state index in [4.69, 9.17) is 5.11 Å². The van der Waals surface area contributed by atoms with Gasteiger partial charge in [-0.05, 0) is 25.0 Å². The van der Waals surface area contributed by atoms with E-state index in [1.807, 2.05) is 0 Å². The van der Waals surface area contributed by atoms with Crippen LogP contribution in [0.25, 0.3) is 10.9 Å². The third-order valence-corrected chi connectivity index (χ3v) is 4.50. The number of benzene rings is 1. The standard InChI is InChI=1S/C17H19N3O4/c21-14(19-17(9-15(22)23)7-3-4-8-17)10-20-11-18-13-6-2-1-5-12(13)16(20)24/h1-2,5-6,11H,3-4,7-10H2,(H,19,21)(H,22,23). The van der Waals surface area contributed by atoms with Crippen molar-refractivity contribution in [3.8, 4) is 0 Å². The molecule has 1 heterocycles. The molecule has 1 amide bonds. The zero-order valence-electron chi connectivity index (χ0n) is 13.2. The first-order valence-corrected chi connectivity index (χ1v) is 7.96. The lowest BCUT2D eigenvalue weighted by atomic mass is 9.93. The van der Waals surface area contributed by atoms with Gasteiger partial charge in [-0.2, -0.15) is 0 Å². The number of rotatable bonds is 5. The molecule has 7 heteroatoms. The van der Waals surface area contributed by atoms with Crippen molar-refractivity contribution in [2.75, 3.05) is 0 Å². The molecular weight excluding hydrogens is 310 g/mol. The van der Waals surface area contributed by atoms with Gasteiger partial charge in [0.15, 0.2) is 0 Å². The van der Waals surface area contributed by atoms with Gasteiger partial charge in [0.05, 0.1) is 29.2 Å². The number of carboxylic acid groups (broad SMARTS) is 1. The van der Waals surface area contributed by atoms with Gasteiger partial charge in [-0.15, -0.1) is 0 Å². The molecule has 0 spiro atoms. The Balaban J connectivity index is 1.78. The second-order valence-corrected chi connectivity index (χ2v) is 6.30. The van der Waals surface area contributed by atoms with Gasteiger partial charge in [-0.3, -0.25) is 19.0 Å². The van der Waals surface area contributed by atoms with Crippen LogP contribution in [0.4, 0.5) is 0 Å². The minimum atomic E-state index is -0.929. The molecule has 126 valence electrons. The molecule has 3 rings (SSSR count). The molecule has 2 aromatic rings. The van der Waals surface area contributed by atoms with Crippen molar-refractivity contribution < 1.29 is 14.7 Å². The highest BCUT2D eigenvalue weighted by molar-refractivity contribution is 5.80. The second-order valence-electron chi connectivity index (χ2n) is 6.30. The van der Waals surface area contributed by atoms with E-state index in [2.05, 4.69) is 10.3 Å². The molecule has 0 aliphatic heterocycles. The number of carboxylic acids is 1. The van der Waals surface area contributed by atoms with Crippen LogP contribution in [0, 0.1) is 0 Å². The van der Waals surface area contributed by atoms with Crippen LogP contribution in [0.3, 0.4) is 0 Å². The monoisotopic (exact) mass is 329 g/mol. The van der Waals surface area contributed by atoms with E-state index in [0.29, 0.717) is 23.7 Å². The highest BCUT2D eigenvalue weighted by Gasteiger charge is 2.37. The summed E-state index contributed by atoms with van der Waals surface area (Å²) >= 11 is 0. The lowest BCUT2D eigenvalue weighted by Crippen LogP contribution is -2.49. The smallest absolute Gasteiger partial charge is 0.305 e. The van der Waals surface area contributed by atoms with E-state index < -0.39 is 11.5 Å². The van der Waals surface area contributed by atoms with Crippen molar-refractivity contribution in [1.82, 2.24) is 14.9 Å². The lowest BCUT2D eigenvalue weighted by molar-refractivity contribution is -0.139. The molecule has 0 atom stereocenters. The summed E-state index contributed by atoms with van der Waals surface area (Å²) in [5.74, 6) is -1.29. The molecule has 1 aromatic heterocycles. The summed E-state index contributed by atoms with van der Waals surface area (Å²) in [4.78, 5) is 40.0. The number of aliphatic carboxylic acids is 1. The first-order chi connectivity index (χ1) is 11.5. The predicted octanol–water partition coefficient (Wildman–Crippen LogP) is 1.30. The number of nitrogens with zero attached hydrogens (tertiary/aromatic N) is 2. The second kappa shape index (κ2) is 6.43. The number of amides is 1. The molecular formula is C17H19N3O4. The molecule has 0 bridgehead atoms. The summed E-state index contributed by atoms with van der Waals surface area (Å²) in [7, 11) is 0. The Kier molecular flexibility index (Phi) is 4.33. The fraction of sp³-hybridized carbons (Fsp3) is 0.412. The number of carbonyl (C=O) groups is 2. The van der Waals surface area contributed by atoms with E-state index in [0.717, 1.165) is 12.8 Å². The summed E-state index contributed by atoms with van der Waals surface area (Å²) in [6.07, 6.45) is 4.34. The highest BCUT2D eigenvalue weighted by Crippen LogP contribution is 2.32. The minimum Gasteiger partial charge on any atom is -0.481 e. The van der Waals surface area contributed by atoms with E-state index in [9.17, 15) is 14.4 Å². The number of hydrogen-bond donors (Lipinski definition) is 2. The maximum absolute atomic E-state index is 12.4. The first-order valence-electron chi connectivity index (χ1n) is 7.96. The lowest BCUT2D eigenvalue weighted by Gasteiger charge is -2.28. The molecule has 24 heavy (non-hydrogen) atoms. The minimum absolute atomic E-state index is 0.0936. The van der Waals surface area contributed by atoms with E-state index in [1.54, 1.807) is 24.3 Å². The fourth-order valence-corrected chi connectivity index (χ4v) is 3.40. The Labute approximate surface area is 138 Å². The third-order valence-electron chi connectivity index (χ3n) is 4.50. The van der Waals surface area contributed by atoms with Crippen LogP contribution in [0.5, 0.6) is 0 Å². The summed E-state index contributed by atoms with van der Waals surface area (Å²) in [5.41, 5.74) is -0.400. The molecule has 1 aliphatic carbocycles. The third kappa shape index (κ3) is 3.29. The Morgan fingerprint density at radius 1 is 1.25 bits per heavy atom. The molecule has 1 aromatic carbocycles. The van der Waals surface area contributed by atoms with Gasteiger partial charge in [0, 0.05) is 0 Å². The van der Waals surface area contributed by atoms with Gasteiger partial charge in [-0.25, -0.2) is 4.98 Å². The Morgan fingerprint density at radius 3 is 2.67 bits per heavy atom.